The number of hydrogen-bond acceptors (Lipinski definition) is 4. The van der Waals surface area contributed by atoms with E-state index in [0.717, 1.165) is 29.3 Å². The summed E-state index contributed by atoms with van der Waals surface area (Å²) in [4.78, 5) is 4.23. The summed E-state index contributed by atoms with van der Waals surface area (Å²) in [5.74, 6) is 1.08. The molecule has 78 valence electrons. The zero-order valence-corrected chi connectivity index (χ0v) is 9.27. The first-order chi connectivity index (χ1) is 6.84. The Morgan fingerprint density at radius 1 is 1.64 bits per heavy atom. The van der Waals surface area contributed by atoms with E-state index in [1.165, 1.54) is 19.3 Å². The Balaban J connectivity index is 1.53. The Kier molecular flexibility index (Phi) is 3.48. The third-order valence-corrected chi connectivity index (χ3v) is 3.08. The molecule has 1 heterocycles. The van der Waals surface area contributed by atoms with Crippen molar-refractivity contribution in [2.45, 2.75) is 37.5 Å². The highest BCUT2D eigenvalue weighted by atomic mass is 32.2. The molecule has 1 fully saturated rings. The Hall–Kier alpha value is -0.480. The highest BCUT2D eigenvalue weighted by Gasteiger charge is 2.19. The van der Waals surface area contributed by atoms with Crippen LogP contribution in [-0.4, -0.2) is 23.3 Å². The number of oxazole rings is 1. The molecule has 3 nitrogen and oxygen atoms in total. The molecule has 14 heavy (non-hydrogen) atoms. The number of aromatic nitrogens is 1. The number of nitrogens with one attached hydrogen (secondary N) is 1. The molecule has 1 aliphatic rings. The molecule has 1 aromatic heterocycles. The molecule has 1 saturated carbocycles. The molecule has 0 radical (unpaired) electrons. The largest absolute Gasteiger partial charge is 0.440 e. The van der Waals surface area contributed by atoms with Gasteiger partial charge in [-0.3, -0.25) is 0 Å². The van der Waals surface area contributed by atoms with Gasteiger partial charge in [-0.15, -0.1) is 0 Å². The van der Waals surface area contributed by atoms with Gasteiger partial charge in [0.05, 0.1) is 5.69 Å². The van der Waals surface area contributed by atoms with Gasteiger partial charge in [-0.25, -0.2) is 4.98 Å². The third kappa shape index (κ3) is 3.35. The van der Waals surface area contributed by atoms with E-state index in [-0.39, 0.29) is 0 Å². The topological polar surface area (TPSA) is 38.1 Å². The van der Waals surface area contributed by atoms with Crippen molar-refractivity contribution in [1.82, 2.24) is 10.3 Å². The zero-order valence-electron chi connectivity index (χ0n) is 8.45. The van der Waals surface area contributed by atoms with Crippen molar-refractivity contribution in [2.24, 2.45) is 0 Å². The van der Waals surface area contributed by atoms with Crippen molar-refractivity contribution in [3.05, 3.63) is 12.0 Å². The summed E-state index contributed by atoms with van der Waals surface area (Å²) >= 11 is 1.70. The highest BCUT2D eigenvalue weighted by Crippen LogP contribution is 2.19. The molecule has 0 unspecified atom stereocenters. The second-order valence-corrected chi connectivity index (χ2v) is 4.73. The first kappa shape index (κ1) is 10.1. The van der Waals surface area contributed by atoms with Gasteiger partial charge in [-0.05, 0) is 32.7 Å². The van der Waals surface area contributed by atoms with Crippen molar-refractivity contribution >= 4 is 11.8 Å². The van der Waals surface area contributed by atoms with E-state index in [9.17, 15) is 0 Å². The van der Waals surface area contributed by atoms with Gasteiger partial charge in [0, 0.05) is 11.8 Å². The molecule has 1 aliphatic carbocycles. The lowest BCUT2D eigenvalue weighted by Gasteiger charge is -2.00. The van der Waals surface area contributed by atoms with Crippen molar-refractivity contribution in [3.8, 4) is 0 Å². The van der Waals surface area contributed by atoms with Crippen molar-refractivity contribution in [2.75, 3.05) is 12.3 Å². The Morgan fingerprint density at radius 2 is 2.50 bits per heavy atom. The predicted octanol–water partition coefficient (Wildman–Crippen LogP) is 2.22. The summed E-state index contributed by atoms with van der Waals surface area (Å²) in [7, 11) is 0. The lowest BCUT2D eigenvalue weighted by molar-refractivity contribution is 0.454. The van der Waals surface area contributed by atoms with Crippen LogP contribution >= 0.6 is 11.8 Å². The minimum atomic E-state index is 0.800. The van der Waals surface area contributed by atoms with Gasteiger partial charge >= 0.3 is 0 Å². The van der Waals surface area contributed by atoms with Gasteiger partial charge in [0.25, 0.3) is 5.22 Å². The first-order valence-corrected chi connectivity index (χ1v) is 6.11. The number of rotatable bonds is 6. The van der Waals surface area contributed by atoms with E-state index in [2.05, 4.69) is 10.3 Å². The van der Waals surface area contributed by atoms with Crippen LogP contribution in [0.1, 0.15) is 25.0 Å². The van der Waals surface area contributed by atoms with Crippen LogP contribution in [0.4, 0.5) is 0 Å². The molecule has 2 rings (SSSR count). The van der Waals surface area contributed by atoms with Crippen molar-refractivity contribution in [3.63, 3.8) is 0 Å². The number of hydrogen-bond donors (Lipinski definition) is 1. The molecule has 0 atom stereocenters. The average molecular weight is 212 g/mol. The maximum atomic E-state index is 5.24. The van der Waals surface area contributed by atoms with Crippen LogP contribution in [-0.2, 0) is 0 Å². The van der Waals surface area contributed by atoms with E-state index in [1.807, 2.05) is 6.92 Å². The van der Waals surface area contributed by atoms with E-state index >= 15 is 0 Å². The molecular weight excluding hydrogens is 196 g/mol. The fraction of sp³-hybridized carbons (Fsp3) is 0.700. The van der Waals surface area contributed by atoms with E-state index in [0.29, 0.717) is 0 Å². The quantitative estimate of drug-likeness (QED) is 0.579. The standard InChI is InChI=1S/C10H16N2OS/c1-8-7-13-10(12-8)14-6-2-5-11-9-3-4-9/h7,9,11H,2-6H2,1H3. The van der Waals surface area contributed by atoms with Crippen LogP contribution in [0, 0.1) is 6.92 Å². The third-order valence-electron chi connectivity index (χ3n) is 2.15. The fourth-order valence-electron chi connectivity index (χ4n) is 1.22. The lowest BCUT2D eigenvalue weighted by Crippen LogP contribution is -2.17. The summed E-state index contributed by atoms with van der Waals surface area (Å²) in [5, 5.41) is 4.28. The van der Waals surface area contributed by atoms with Crippen LogP contribution in [0.5, 0.6) is 0 Å². The summed E-state index contributed by atoms with van der Waals surface area (Å²) in [6, 6.07) is 0.823. The van der Waals surface area contributed by atoms with Gasteiger partial charge in [-0.2, -0.15) is 0 Å². The average Bonchev–Trinajstić information content (AvgIpc) is 2.89. The second-order valence-electron chi connectivity index (χ2n) is 3.69. The molecule has 1 aromatic rings. The normalized spacial score (nSPS) is 16.1. The van der Waals surface area contributed by atoms with Crippen molar-refractivity contribution in [1.29, 1.82) is 0 Å². The number of nitrogens with zero attached hydrogens (tertiary/aromatic N) is 1. The smallest absolute Gasteiger partial charge is 0.255 e. The Bertz CT molecular complexity index is 283. The number of aryl methyl sites for hydroxylation is 1. The molecule has 1 N–H and O–H groups in total. The lowest BCUT2D eigenvalue weighted by atomic mass is 10.5. The van der Waals surface area contributed by atoms with Crippen LogP contribution in [0.3, 0.4) is 0 Å². The van der Waals surface area contributed by atoms with E-state index < -0.39 is 0 Å². The van der Waals surface area contributed by atoms with Gasteiger partial charge in [0.15, 0.2) is 0 Å². The Labute approximate surface area is 88.7 Å². The van der Waals surface area contributed by atoms with Gasteiger partial charge in [0.2, 0.25) is 0 Å². The fourth-order valence-corrected chi connectivity index (χ4v) is 2.01. The molecule has 0 aliphatic heterocycles. The molecule has 0 aromatic carbocycles. The molecular formula is C10H16N2OS. The monoisotopic (exact) mass is 212 g/mol. The van der Waals surface area contributed by atoms with Crippen LogP contribution in [0.15, 0.2) is 15.9 Å². The maximum Gasteiger partial charge on any atom is 0.255 e. The van der Waals surface area contributed by atoms with Gasteiger partial charge < -0.3 is 9.73 Å². The zero-order chi connectivity index (χ0) is 9.80. The maximum absolute atomic E-state index is 5.24. The van der Waals surface area contributed by atoms with Crippen LogP contribution in [0.2, 0.25) is 0 Å². The molecule has 0 amide bonds. The molecule has 0 bridgehead atoms. The van der Waals surface area contributed by atoms with Crippen LogP contribution < -0.4 is 5.32 Å². The van der Waals surface area contributed by atoms with Gasteiger partial charge in [0.1, 0.15) is 6.26 Å². The summed E-state index contributed by atoms with van der Waals surface area (Å²) in [5.41, 5.74) is 0.962. The highest BCUT2D eigenvalue weighted by molar-refractivity contribution is 7.99. The van der Waals surface area contributed by atoms with E-state index in [1.54, 1.807) is 18.0 Å². The summed E-state index contributed by atoms with van der Waals surface area (Å²) in [6.07, 6.45) is 5.62. The molecule has 0 spiro atoms. The molecule has 4 heteroatoms. The first-order valence-electron chi connectivity index (χ1n) is 5.13. The van der Waals surface area contributed by atoms with Gasteiger partial charge in [-0.1, -0.05) is 11.8 Å². The SMILES string of the molecule is Cc1coc(SCCCNC2CC2)n1. The number of thioether (sulfide) groups is 1. The second kappa shape index (κ2) is 4.84. The van der Waals surface area contributed by atoms with Crippen LogP contribution in [0.25, 0.3) is 0 Å². The summed E-state index contributed by atoms with van der Waals surface area (Å²) in [6.45, 7) is 3.07. The minimum absolute atomic E-state index is 0.800. The van der Waals surface area contributed by atoms with E-state index in [4.69, 9.17) is 4.42 Å². The predicted molar refractivity (Wildman–Crippen MR) is 57.6 cm³/mol. The minimum Gasteiger partial charge on any atom is -0.440 e. The molecule has 0 saturated heterocycles. The van der Waals surface area contributed by atoms with Crippen molar-refractivity contribution < 1.29 is 4.42 Å². The Morgan fingerprint density at radius 3 is 3.14 bits per heavy atom. The summed E-state index contributed by atoms with van der Waals surface area (Å²) < 4.78 is 5.24.